The first-order valence-corrected chi connectivity index (χ1v) is 5.57. The number of nitrogens with zero attached hydrogens (tertiary/aromatic N) is 3. The van der Waals surface area contributed by atoms with Crippen LogP contribution in [0, 0.1) is 22.7 Å². The van der Waals surface area contributed by atoms with E-state index < -0.39 is 0 Å². The Hall–Kier alpha value is -3.40. The zero-order chi connectivity index (χ0) is 14.4. The maximum Gasteiger partial charge on any atom is 0.240 e. The van der Waals surface area contributed by atoms with Crippen LogP contribution in [0.4, 0.5) is 5.69 Å². The van der Waals surface area contributed by atoms with Crippen molar-refractivity contribution < 1.29 is 9.53 Å². The van der Waals surface area contributed by atoms with Crippen LogP contribution in [0.15, 0.2) is 47.5 Å². The molecule has 2 aromatic rings. The minimum absolute atomic E-state index is 0.257. The normalized spacial score (nSPS) is 8.90. The van der Waals surface area contributed by atoms with E-state index in [1.807, 2.05) is 12.1 Å². The van der Waals surface area contributed by atoms with Crippen LogP contribution in [0.2, 0.25) is 0 Å². The molecule has 0 amide bonds. The van der Waals surface area contributed by atoms with Crippen LogP contribution in [0.25, 0.3) is 0 Å². The molecule has 20 heavy (non-hydrogen) atoms. The van der Waals surface area contributed by atoms with E-state index in [1.165, 1.54) is 18.2 Å². The first-order chi connectivity index (χ1) is 9.76. The summed E-state index contributed by atoms with van der Waals surface area (Å²) in [6.45, 7) is 0. The molecule has 94 valence electrons. The highest BCUT2D eigenvalue weighted by atomic mass is 16.5. The summed E-state index contributed by atoms with van der Waals surface area (Å²) in [6.07, 6.45) is 1.45. The van der Waals surface area contributed by atoms with Gasteiger partial charge in [0.15, 0.2) is 0 Å². The van der Waals surface area contributed by atoms with E-state index in [1.54, 1.807) is 30.3 Å². The molecule has 0 atom stereocenters. The Balaban J connectivity index is 2.24. The molecule has 5 nitrogen and oxygen atoms in total. The monoisotopic (exact) mass is 261 g/mol. The SMILES string of the molecule is N#Cc1ccc(Oc2ccc(N=C=O)cc2)cc1C#N. The molecule has 0 aromatic heterocycles. The van der Waals surface area contributed by atoms with E-state index in [9.17, 15) is 4.79 Å². The lowest BCUT2D eigenvalue weighted by Gasteiger charge is -2.06. The van der Waals surface area contributed by atoms with Gasteiger partial charge in [0, 0.05) is 0 Å². The van der Waals surface area contributed by atoms with E-state index in [0.29, 0.717) is 22.7 Å². The number of aliphatic imine (C=N–C) groups is 1. The molecule has 0 heterocycles. The number of hydrogen-bond donors (Lipinski definition) is 0. The molecule has 0 saturated carbocycles. The van der Waals surface area contributed by atoms with Crippen LogP contribution in [0.3, 0.4) is 0 Å². The van der Waals surface area contributed by atoms with E-state index in [2.05, 4.69) is 4.99 Å². The number of nitriles is 2. The third-order valence-corrected chi connectivity index (χ3v) is 2.48. The highest BCUT2D eigenvalue weighted by Gasteiger charge is 2.04. The lowest BCUT2D eigenvalue weighted by atomic mass is 10.1. The number of isocyanates is 1. The molecule has 0 radical (unpaired) electrons. The number of carbonyl (C=O) groups excluding carboxylic acids is 1. The van der Waals surface area contributed by atoms with Crippen LogP contribution in [0.5, 0.6) is 11.5 Å². The van der Waals surface area contributed by atoms with E-state index in [4.69, 9.17) is 15.3 Å². The van der Waals surface area contributed by atoms with Crippen LogP contribution in [-0.4, -0.2) is 6.08 Å². The topological polar surface area (TPSA) is 86.2 Å². The van der Waals surface area contributed by atoms with Gasteiger partial charge in [0.25, 0.3) is 0 Å². The van der Waals surface area contributed by atoms with E-state index >= 15 is 0 Å². The third-order valence-electron chi connectivity index (χ3n) is 2.48. The Morgan fingerprint density at radius 2 is 1.55 bits per heavy atom. The predicted octanol–water partition coefficient (Wildman–Crippen LogP) is 3.19. The number of ether oxygens (including phenoxy) is 1. The average Bonchev–Trinajstić information content (AvgIpc) is 2.49. The Labute approximate surface area is 115 Å². The molecule has 0 spiro atoms. The molecule has 0 aliphatic carbocycles. The maximum absolute atomic E-state index is 10.1. The average molecular weight is 261 g/mol. The molecule has 0 unspecified atom stereocenters. The summed E-state index contributed by atoms with van der Waals surface area (Å²) in [5.74, 6) is 0.982. The van der Waals surface area contributed by atoms with Gasteiger partial charge in [-0.15, -0.1) is 0 Å². The highest BCUT2D eigenvalue weighted by molar-refractivity contribution is 5.52. The standard InChI is InChI=1S/C15H7N3O2/c16-8-11-1-4-15(7-12(11)9-17)20-14-5-2-13(3-6-14)18-10-19/h1-7H. The van der Waals surface area contributed by atoms with Gasteiger partial charge in [-0.3, -0.25) is 0 Å². The fourth-order valence-electron chi connectivity index (χ4n) is 1.55. The second kappa shape index (κ2) is 5.97. The van der Waals surface area contributed by atoms with Crippen molar-refractivity contribution in [2.45, 2.75) is 0 Å². The van der Waals surface area contributed by atoms with Crippen molar-refractivity contribution in [2.75, 3.05) is 0 Å². The van der Waals surface area contributed by atoms with Crippen molar-refractivity contribution in [3.63, 3.8) is 0 Å². The van der Waals surface area contributed by atoms with Crippen LogP contribution in [-0.2, 0) is 4.79 Å². The van der Waals surface area contributed by atoms with Crippen LogP contribution < -0.4 is 4.74 Å². The molecular formula is C15H7N3O2. The van der Waals surface area contributed by atoms with Crippen molar-refractivity contribution in [3.8, 4) is 23.6 Å². The second-order valence-electron chi connectivity index (χ2n) is 3.73. The summed E-state index contributed by atoms with van der Waals surface area (Å²) >= 11 is 0. The molecule has 2 aromatic carbocycles. The Morgan fingerprint density at radius 3 is 2.15 bits per heavy atom. The van der Waals surface area contributed by atoms with E-state index in [-0.39, 0.29) is 5.56 Å². The predicted molar refractivity (Wildman–Crippen MR) is 70.2 cm³/mol. The first kappa shape index (κ1) is 13.0. The first-order valence-electron chi connectivity index (χ1n) is 5.57. The molecule has 0 aliphatic rings. The molecule has 2 rings (SSSR count). The van der Waals surface area contributed by atoms with Gasteiger partial charge in [-0.05, 0) is 42.5 Å². The number of rotatable bonds is 3. The lowest BCUT2D eigenvalue weighted by molar-refractivity contribution is 0.482. The fraction of sp³-hybridized carbons (Fsp3) is 0. The lowest BCUT2D eigenvalue weighted by Crippen LogP contribution is -1.88. The molecule has 0 bridgehead atoms. The van der Waals surface area contributed by atoms with Crippen molar-refractivity contribution in [1.82, 2.24) is 0 Å². The summed E-state index contributed by atoms with van der Waals surface area (Å²) < 4.78 is 5.55. The summed E-state index contributed by atoms with van der Waals surface area (Å²) in [6, 6.07) is 15.0. The van der Waals surface area contributed by atoms with Gasteiger partial charge in [0.1, 0.15) is 23.6 Å². The minimum atomic E-state index is 0.257. The molecular weight excluding hydrogens is 254 g/mol. The van der Waals surface area contributed by atoms with Crippen LogP contribution in [0.1, 0.15) is 11.1 Å². The van der Waals surface area contributed by atoms with Gasteiger partial charge >= 0.3 is 0 Å². The molecule has 0 aliphatic heterocycles. The summed E-state index contributed by atoms with van der Waals surface area (Å²) in [7, 11) is 0. The molecule has 0 saturated heterocycles. The van der Waals surface area contributed by atoms with Crippen molar-refractivity contribution in [3.05, 3.63) is 53.6 Å². The summed E-state index contributed by atoms with van der Waals surface area (Å²) in [4.78, 5) is 13.6. The van der Waals surface area contributed by atoms with Crippen molar-refractivity contribution in [1.29, 1.82) is 10.5 Å². The molecule has 0 N–H and O–H groups in total. The van der Waals surface area contributed by atoms with Gasteiger partial charge in [-0.25, -0.2) is 4.79 Å². The fourth-order valence-corrected chi connectivity index (χ4v) is 1.55. The maximum atomic E-state index is 10.1. The van der Waals surface area contributed by atoms with Crippen molar-refractivity contribution in [2.24, 2.45) is 4.99 Å². The minimum Gasteiger partial charge on any atom is -0.457 e. The van der Waals surface area contributed by atoms with Gasteiger partial charge in [-0.2, -0.15) is 15.5 Å². The Kier molecular flexibility index (Phi) is 3.89. The zero-order valence-corrected chi connectivity index (χ0v) is 10.2. The summed E-state index contributed by atoms with van der Waals surface area (Å²) in [5, 5.41) is 17.8. The quantitative estimate of drug-likeness (QED) is 0.627. The summed E-state index contributed by atoms with van der Waals surface area (Å²) in [5.41, 5.74) is 1.03. The van der Waals surface area contributed by atoms with E-state index in [0.717, 1.165) is 0 Å². The molecule has 5 heteroatoms. The van der Waals surface area contributed by atoms with Gasteiger partial charge in [0.05, 0.1) is 16.8 Å². The third kappa shape index (κ3) is 2.88. The number of hydrogen-bond acceptors (Lipinski definition) is 5. The Bertz CT molecular complexity index is 761. The largest absolute Gasteiger partial charge is 0.457 e. The van der Waals surface area contributed by atoms with Gasteiger partial charge in [-0.1, -0.05) is 0 Å². The number of benzene rings is 2. The Morgan fingerprint density at radius 1 is 0.900 bits per heavy atom. The van der Waals surface area contributed by atoms with Gasteiger partial charge in [0.2, 0.25) is 6.08 Å². The van der Waals surface area contributed by atoms with Crippen LogP contribution >= 0.6 is 0 Å². The zero-order valence-electron chi connectivity index (χ0n) is 10.2. The smallest absolute Gasteiger partial charge is 0.240 e. The second-order valence-corrected chi connectivity index (χ2v) is 3.73. The van der Waals surface area contributed by atoms with Crippen molar-refractivity contribution >= 4 is 11.8 Å². The molecule has 0 fully saturated rings. The highest BCUT2D eigenvalue weighted by Crippen LogP contribution is 2.25. The van der Waals surface area contributed by atoms with Gasteiger partial charge < -0.3 is 4.74 Å².